The van der Waals surface area contributed by atoms with Crippen LogP contribution in [0, 0.1) is 23.2 Å². The average Bonchev–Trinajstić information content (AvgIpc) is 2.65. The summed E-state index contributed by atoms with van der Waals surface area (Å²) in [6.45, 7) is 6.13. The van der Waals surface area contributed by atoms with Crippen LogP contribution in [0.3, 0.4) is 0 Å². The Morgan fingerprint density at radius 3 is 2.17 bits per heavy atom. The minimum atomic E-state index is 0.000568. The molecule has 0 saturated heterocycles. The largest absolute Gasteiger partial charge is 0.353 e. The lowest BCUT2D eigenvalue weighted by Gasteiger charge is -2.59. The van der Waals surface area contributed by atoms with Crippen molar-refractivity contribution in [3.63, 3.8) is 0 Å². The number of hydrogen-bond donors (Lipinski definition) is 2. The number of amides is 2. The summed E-state index contributed by atoms with van der Waals surface area (Å²) in [6.07, 6.45) is 8.10. The quantitative estimate of drug-likeness (QED) is 0.639. The molecule has 2 N–H and O–H groups in total. The van der Waals surface area contributed by atoms with Gasteiger partial charge in [-0.05, 0) is 94.6 Å². The van der Waals surface area contributed by atoms with Gasteiger partial charge in [0.2, 0.25) is 5.91 Å². The van der Waals surface area contributed by atoms with Crippen LogP contribution in [0.25, 0.3) is 0 Å². The summed E-state index contributed by atoms with van der Waals surface area (Å²) in [6, 6.07) is 7.99. The minimum Gasteiger partial charge on any atom is -0.353 e. The third kappa shape index (κ3) is 4.50. The van der Waals surface area contributed by atoms with Crippen LogP contribution in [0.5, 0.6) is 0 Å². The summed E-state index contributed by atoms with van der Waals surface area (Å²) < 4.78 is 0. The van der Waals surface area contributed by atoms with Crippen molar-refractivity contribution in [1.82, 2.24) is 10.6 Å². The first-order valence-electron chi connectivity index (χ1n) is 11.2. The third-order valence-electron chi connectivity index (χ3n) is 7.29. The van der Waals surface area contributed by atoms with Crippen molar-refractivity contribution in [2.75, 3.05) is 5.75 Å². The van der Waals surface area contributed by atoms with E-state index < -0.39 is 0 Å². The first kappa shape index (κ1) is 20.8. The lowest BCUT2D eigenvalue weighted by molar-refractivity contribution is -0.119. The van der Waals surface area contributed by atoms with Crippen molar-refractivity contribution in [2.45, 2.75) is 76.3 Å². The van der Waals surface area contributed by atoms with Crippen molar-refractivity contribution in [3.8, 4) is 0 Å². The highest BCUT2D eigenvalue weighted by Gasteiger charge is 2.53. The zero-order valence-electron chi connectivity index (χ0n) is 17.9. The van der Waals surface area contributed by atoms with E-state index in [9.17, 15) is 9.59 Å². The monoisotopic (exact) mass is 414 g/mol. The van der Waals surface area contributed by atoms with Crippen molar-refractivity contribution >= 4 is 23.6 Å². The number of nitrogens with one attached hydrogen (secondary N) is 2. The van der Waals surface area contributed by atoms with Crippen LogP contribution in [0.1, 0.15) is 69.7 Å². The summed E-state index contributed by atoms with van der Waals surface area (Å²) >= 11 is 1.44. The second-order valence-electron chi connectivity index (χ2n) is 9.98. The molecule has 5 heteroatoms. The fourth-order valence-electron chi connectivity index (χ4n) is 6.42. The van der Waals surface area contributed by atoms with E-state index in [0.717, 1.165) is 22.6 Å². The molecule has 4 bridgehead atoms. The number of thioether (sulfide) groups is 1. The van der Waals surface area contributed by atoms with Crippen molar-refractivity contribution < 1.29 is 9.59 Å². The van der Waals surface area contributed by atoms with Crippen LogP contribution in [-0.2, 0) is 4.79 Å². The van der Waals surface area contributed by atoms with Crippen LogP contribution >= 0.6 is 11.8 Å². The van der Waals surface area contributed by atoms with E-state index in [-0.39, 0.29) is 23.9 Å². The summed E-state index contributed by atoms with van der Waals surface area (Å²) in [4.78, 5) is 26.1. The molecule has 0 aromatic heterocycles. The topological polar surface area (TPSA) is 58.2 Å². The normalized spacial score (nSPS) is 31.0. The molecule has 158 valence electrons. The van der Waals surface area contributed by atoms with Crippen LogP contribution in [0.2, 0.25) is 0 Å². The van der Waals surface area contributed by atoms with Gasteiger partial charge >= 0.3 is 0 Å². The van der Waals surface area contributed by atoms with E-state index in [2.05, 4.69) is 17.6 Å². The molecule has 4 aliphatic rings. The molecule has 4 aliphatic carbocycles. The smallest absolute Gasteiger partial charge is 0.252 e. The Bertz CT molecular complexity index is 741. The highest BCUT2D eigenvalue weighted by atomic mass is 32.2. The maximum Gasteiger partial charge on any atom is 0.252 e. The molecular formula is C24H34N2O2S. The van der Waals surface area contributed by atoms with Crippen molar-refractivity contribution in [3.05, 3.63) is 29.8 Å². The molecule has 4 fully saturated rings. The lowest BCUT2D eigenvalue weighted by Crippen LogP contribution is -2.55. The summed E-state index contributed by atoms with van der Waals surface area (Å²) in [5.41, 5.74) is 0.982. The van der Waals surface area contributed by atoms with E-state index in [0.29, 0.717) is 16.7 Å². The van der Waals surface area contributed by atoms with Crippen molar-refractivity contribution in [1.29, 1.82) is 0 Å². The van der Waals surface area contributed by atoms with Crippen LogP contribution < -0.4 is 10.6 Å². The van der Waals surface area contributed by atoms with Gasteiger partial charge in [-0.1, -0.05) is 12.1 Å². The Morgan fingerprint density at radius 1 is 1.00 bits per heavy atom. The molecule has 1 aromatic rings. The molecule has 1 aromatic carbocycles. The molecule has 0 spiro atoms. The zero-order chi connectivity index (χ0) is 20.6. The fraction of sp³-hybridized carbons (Fsp3) is 0.667. The summed E-state index contributed by atoms with van der Waals surface area (Å²) in [5, 5.41) is 6.27. The SMILES string of the molecule is CC(C)NC(=O)CSc1ccccc1C(=O)NC(C)C12CC3CC(CC(C3)C1)C2. The number of carbonyl (C=O) groups is 2. The maximum absolute atomic E-state index is 13.2. The van der Waals surface area contributed by atoms with Crippen molar-refractivity contribution in [2.24, 2.45) is 23.2 Å². The number of benzene rings is 1. The Morgan fingerprint density at radius 2 is 1.59 bits per heavy atom. The number of hydrogen-bond acceptors (Lipinski definition) is 3. The number of carbonyl (C=O) groups excluding carboxylic acids is 2. The lowest BCUT2D eigenvalue weighted by atomic mass is 9.48. The predicted molar refractivity (Wildman–Crippen MR) is 118 cm³/mol. The van der Waals surface area contributed by atoms with Crippen LogP contribution in [0.4, 0.5) is 0 Å². The van der Waals surface area contributed by atoms with Gasteiger partial charge in [-0.25, -0.2) is 0 Å². The molecule has 4 nitrogen and oxygen atoms in total. The van der Waals surface area contributed by atoms with Gasteiger partial charge in [0.15, 0.2) is 0 Å². The Kier molecular flexibility index (Phi) is 5.97. The minimum absolute atomic E-state index is 0.000568. The Labute approximate surface area is 179 Å². The molecule has 0 heterocycles. The molecular weight excluding hydrogens is 380 g/mol. The molecule has 0 aliphatic heterocycles. The van der Waals surface area contributed by atoms with Gasteiger partial charge in [0.1, 0.15) is 0 Å². The molecule has 4 saturated carbocycles. The van der Waals surface area contributed by atoms with E-state index in [1.54, 1.807) is 0 Å². The molecule has 29 heavy (non-hydrogen) atoms. The average molecular weight is 415 g/mol. The maximum atomic E-state index is 13.2. The van der Waals surface area contributed by atoms with E-state index in [1.165, 1.54) is 50.3 Å². The number of rotatable bonds is 7. The molecule has 0 radical (unpaired) electrons. The second kappa shape index (κ2) is 8.33. The summed E-state index contributed by atoms with van der Waals surface area (Å²) in [5.74, 6) is 2.96. The van der Waals surface area contributed by atoms with Crippen LogP contribution in [0.15, 0.2) is 29.2 Å². The molecule has 1 unspecified atom stereocenters. The molecule has 2 amide bonds. The second-order valence-corrected chi connectivity index (χ2v) is 11.0. The van der Waals surface area contributed by atoms with E-state index >= 15 is 0 Å². The van der Waals surface area contributed by atoms with Gasteiger partial charge in [0, 0.05) is 17.0 Å². The van der Waals surface area contributed by atoms with Gasteiger partial charge in [0.25, 0.3) is 5.91 Å². The predicted octanol–water partition coefficient (Wildman–Crippen LogP) is 4.64. The Hall–Kier alpha value is -1.49. The van der Waals surface area contributed by atoms with Gasteiger partial charge in [-0.15, -0.1) is 11.8 Å². The van der Waals surface area contributed by atoms with Gasteiger partial charge in [-0.2, -0.15) is 0 Å². The third-order valence-corrected chi connectivity index (χ3v) is 8.37. The fourth-order valence-corrected chi connectivity index (χ4v) is 7.28. The highest BCUT2D eigenvalue weighted by molar-refractivity contribution is 8.00. The molecule has 1 atom stereocenters. The first-order chi connectivity index (χ1) is 13.8. The molecule has 5 rings (SSSR count). The Balaban J connectivity index is 1.42. The van der Waals surface area contributed by atoms with Gasteiger partial charge < -0.3 is 10.6 Å². The van der Waals surface area contributed by atoms with Gasteiger partial charge in [0.05, 0.1) is 11.3 Å². The van der Waals surface area contributed by atoms with Crippen LogP contribution in [-0.4, -0.2) is 29.7 Å². The van der Waals surface area contributed by atoms with Gasteiger partial charge in [-0.3, -0.25) is 9.59 Å². The van der Waals surface area contributed by atoms with E-state index in [1.807, 2.05) is 38.1 Å². The first-order valence-corrected chi connectivity index (χ1v) is 12.2. The zero-order valence-corrected chi connectivity index (χ0v) is 18.7. The highest BCUT2D eigenvalue weighted by Crippen LogP contribution is 2.61. The summed E-state index contributed by atoms with van der Waals surface area (Å²) in [7, 11) is 0. The van der Waals surface area contributed by atoms with E-state index in [4.69, 9.17) is 0 Å². The standard InChI is InChI=1S/C24H34N2O2S/c1-15(2)25-22(27)14-29-21-7-5-4-6-20(21)23(28)26-16(3)24-11-17-8-18(12-24)10-19(9-17)13-24/h4-7,15-19H,8-14H2,1-3H3,(H,25,27)(H,26,28).